The molecule has 6 heteroatoms. The van der Waals surface area contributed by atoms with Crippen LogP contribution >= 0.6 is 0 Å². The van der Waals surface area contributed by atoms with Gasteiger partial charge in [0.1, 0.15) is 6.04 Å². The van der Waals surface area contributed by atoms with Gasteiger partial charge in [-0.25, -0.2) is 0 Å². The number of unbranched alkanes of at least 4 members (excludes halogenated alkanes) is 2. The van der Waals surface area contributed by atoms with Crippen molar-refractivity contribution in [3.63, 3.8) is 0 Å². The van der Waals surface area contributed by atoms with E-state index in [4.69, 9.17) is 9.47 Å². The summed E-state index contributed by atoms with van der Waals surface area (Å²) in [6.45, 7) is 8.07. The van der Waals surface area contributed by atoms with Gasteiger partial charge in [-0.3, -0.25) is 14.5 Å². The van der Waals surface area contributed by atoms with Crippen LogP contribution in [0.3, 0.4) is 0 Å². The quantitative estimate of drug-likeness (QED) is 0.485. The molecule has 1 aliphatic heterocycles. The molecule has 0 bridgehead atoms. The van der Waals surface area contributed by atoms with Crippen LogP contribution in [0.25, 0.3) is 0 Å². The second-order valence-electron chi connectivity index (χ2n) is 5.60. The van der Waals surface area contributed by atoms with Gasteiger partial charge in [-0.1, -0.05) is 26.7 Å². The van der Waals surface area contributed by atoms with E-state index in [9.17, 15) is 9.59 Å². The molecule has 1 atom stereocenters. The first-order chi connectivity index (χ1) is 10.7. The van der Waals surface area contributed by atoms with Crippen LogP contribution in [0.1, 0.15) is 46.0 Å². The molecule has 0 aromatic heterocycles. The molecule has 1 aliphatic rings. The Kier molecular flexibility index (Phi) is 9.82. The van der Waals surface area contributed by atoms with E-state index < -0.39 is 6.04 Å². The molecule has 0 amide bonds. The van der Waals surface area contributed by atoms with E-state index in [0.29, 0.717) is 13.2 Å². The summed E-state index contributed by atoms with van der Waals surface area (Å²) in [5.74, 6) is -0.618. The number of esters is 2. The second-order valence-corrected chi connectivity index (χ2v) is 5.60. The van der Waals surface area contributed by atoms with Gasteiger partial charge in [-0.15, -0.1) is 0 Å². The van der Waals surface area contributed by atoms with E-state index in [1.807, 2.05) is 18.7 Å². The molecule has 1 heterocycles. The minimum Gasteiger partial charge on any atom is -0.466 e. The molecular formula is C16H30N2O4. The predicted octanol–water partition coefficient (Wildman–Crippen LogP) is 1.34. The number of carbonyl (C=O) groups excluding carboxylic acids is 2. The average molecular weight is 314 g/mol. The Balaban J connectivity index is 2.52. The van der Waals surface area contributed by atoms with Crippen molar-refractivity contribution in [2.45, 2.75) is 52.0 Å². The molecule has 0 unspecified atom stereocenters. The standard InChI is InChI=1S/C16H30N2O4/c1-3-5-11-21-15(19)13-14(16(20)22-12-6-4-2)18-9-7-17-8-10-18/h14,17H,3-13H2,1-2H3/t14-/m1/s1. The van der Waals surface area contributed by atoms with E-state index in [0.717, 1.165) is 51.9 Å². The maximum absolute atomic E-state index is 12.3. The number of nitrogens with zero attached hydrogens (tertiary/aromatic N) is 1. The van der Waals surface area contributed by atoms with Gasteiger partial charge >= 0.3 is 11.9 Å². The van der Waals surface area contributed by atoms with Crippen molar-refractivity contribution in [2.75, 3.05) is 39.4 Å². The van der Waals surface area contributed by atoms with Gasteiger partial charge in [-0.2, -0.15) is 0 Å². The zero-order chi connectivity index (χ0) is 16.2. The minimum atomic E-state index is -0.520. The van der Waals surface area contributed by atoms with E-state index in [1.165, 1.54) is 0 Å². The molecule has 22 heavy (non-hydrogen) atoms. The average Bonchev–Trinajstić information content (AvgIpc) is 2.54. The maximum atomic E-state index is 12.3. The summed E-state index contributed by atoms with van der Waals surface area (Å²) in [4.78, 5) is 26.2. The van der Waals surface area contributed by atoms with Gasteiger partial charge in [0, 0.05) is 26.2 Å². The van der Waals surface area contributed by atoms with Crippen molar-refractivity contribution in [1.29, 1.82) is 0 Å². The van der Waals surface area contributed by atoms with Crippen LogP contribution in [0, 0.1) is 0 Å². The highest BCUT2D eigenvalue weighted by Crippen LogP contribution is 2.10. The van der Waals surface area contributed by atoms with Crippen LogP contribution in [0.5, 0.6) is 0 Å². The maximum Gasteiger partial charge on any atom is 0.323 e. The summed E-state index contributed by atoms with van der Waals surface area (Å²) in [5, 5.41) is 3.25. The van der Waals surface area contributed by atoms with Crippen LogP contribution in [0.2, 0.25) is 0 Å². The zero-order valence-electron chi connectivity index (χ0n) is 13.9. The molecule has 6 nitrogen and oxygen atoms in total. The fourth-order valence-corrected chi connectivity index (χ4v) is 2.32. The number of rotatable bonds is 10. The molecule has 1 N–H and O–H groups in total. The molecule has 0 aromatic rings. The Labute approximate surface area is 133 Å². The topological polar surface area (TPSA) is 67.9 Å². The molecule has 1 fully saturated rings. The molecule has 0 aliphatic carbocycles. The number of ether oxygens (including phenoxy) is 2. The van der Waals surface area contributed by atoms with Gasteiger partial charge in [-0.05, 0) is 12.8 Å². The van der Waals surface area contributed by atoms with E-state index in [2.05, 4.69) is 5.32 Å². The number of hydrogen-bond acceptors (Lipinski definition) is 6. The van der Waals surface area contributed by atoms with Crippen molar-refractivity contribution in [3.8, 4) is 0 Å². The monoisotopic (exact) mass is 314 g/mol. The van der Waals surface area contributed by atoms with Crippen molar-refractivity contribution in [1.82, 2.24) is 10.2 Å². The molecule has 0 aromatic carbocycles. The predicted molar refractivity (Wildman–Crippen MR) is 84.6 cm³/mol. The fraction of sp³-hybridized carbons (Fsp3) is 0.875. The zero-order valence-corrected chi connectivity index (χ0v) is 13.9. The van der Waals surface area contributed by atoms with E-state index in [-0.39, 0.29) is 18.4 Å². The molecule has 0 spiro atoms. The number of carbonyl (C=O) groups is 2. The molecule has 128 valence electrons. The van der Waals surface area contributed by atoms with Crippen LogP contribution in [0.4, 0.5) is 0 Å². The van der Waals surface area contributed by atoms with Gasteiger partial charge in [0.15, 0.2) is 0 Å². The Morgan fingerprint density at radius 2 is 1.64 bits per heavy atom. The highest BCUT2D eigenvalue weighted by molar-refractivity contribution is 5.82. The first-order valence-electron chi connectivity index (χ1n) is 8.46. The lowest BCUT2D eigenvalue weighted by molar-refractivity contribution is -0.157. The second kappa shape index (κ2) is 11.4. The van der Waals surface area contributed by atoms with Crippen molar-refractivity contribution >= 4 is 11.9 Å². The van der Waals surface area contributed by atoms with Crippen molar-refractivity contribution < 1.29 is 19.1 Å². The third kappa shape index (κ3) is 7.22. The van der Waals surface area contributed by atoms with Crippen LogP contribution < -0.4 is 5.32 Å². The Morgan fingerprint density at radius 3 is 2.23 bits per heavy atom. The lowest BCUT2D eigenvalue weighted by Crippen LogP contribution is -2.52. The number of hydrogen-bond donors (Lipinski definition) is 1. The highest BCUT2D eigenvalue weighted by atomic mass is 16.5. The first-order valence-corrected chi connectivity index (χ1v) is 8.46. The SMILES string of the molecule is CCCCOC(=O)C[C@H](C(=O)OCCCC)N1CCNCC1. The normalized spacial score (nSPS) is 17.0. The summed E-state index contributed by atoms with van der Waals surface area (Å²) in [6.07, 6.45) is 3.73. The number of piperazine rings is 1. The largest absolute Gasteiger partial charge is 0.466 e. The lowest BCUT2D eigenvalue weighted by Gasteiger charge is -2.32. The Hall–Kier alpha value is -1.14. The van der Waals surface area contributed by atoms with Crippen molar-refractivity contribution in [3.05, 3.63) is 0 Å². The van der Waals surface area contributed by atoms with Gasteiger partial charge in [0.25, 0.3) is 0 Å². The number of nitrogens with one attached hydrogen (secondary N) is 1. The molecule has 0 saturated carbocycles. The van der Waals surface area contributed by atoms with Gasteiger partial charge in [0.05, 0.1) is 19.6 Å². The summed E-state index contributed by atoms with van der Waals surface area (Å²) >= 11 is 0. The summed E-state index contributed by atoms with van der Waals surface area (Å²) in [5.41, 5.74) is 0. The molecule has 1 saturated heterocycles. The van der Waals surface area contributed by atoms with Gasteiger partial charge in [0.2, 0.25) is 0 Å². The molecular weight excluding hydrogens is 284 g/mol. The van der Waals surface area contributed by atoms with E-state index in [1.54, 1.807) is 0 Å². The van der Waals surface area contributed by atoms with E-state index >= 15 is 0 Å². The fourth-order valence-electron chi connectivity index (χ4n) is 2.32. The smallest absolute Gasteiger partial charge is 0.323 e. The lowest BCUT2D eigenvalue weighted by atomic mass is 10.1. The Bertz CT molecular complexity index is 330. The highest BCUT2D eigenvalue weighted by Gasteiger charge is 2.31. The summed E-state index contributed by atoms with van der Waals surface area (Å²) in [6, 6.07) is -0.520. The third-order valence-corrected chi connectivity index (χ3v) is 3.73. The van der Waals surface area contributed by atoms with Crippen LogP contribution in [0.15, 0.2) is 0 Å². The third-order valence-electron chi connectivity index (χ3n) is 3.73. The summed E-state index contributed by atoms with van der Waals surface area (Å²) < 4.78 is 10.5. The van der Waals surface area contributed by atoms with Crippen molar-refractivity contribution in [2.24, 2.45) is 0 Å². The first kappa shape index (κ1) is 18.9. The van der Waals surface area contributed by atoms with Crippen LogP contribution in [-0.2, 0) is 19.1 Å². The molecule has 0 radical (unpaired) electrons. The molecule has 1 rings (SSSR count). The van der Waals surface area contributed by atoms with Crippen LogP contribution in [-0.4, -0.2) is 62.3 Å². The Morgan fingerprint density at radius 1 is 1.05 bits per heavy atom. The summed E-state index contributed by atoms with van der Waals surface area (Å²) in [7, 11) is 0. The van der Waals surface area contributed by atoms with Gasteiger partial charge < -0.3 is 14.8 Å². The minimum absolute atomic E-state index is 0.0780.